The summed E-state index contributed by atoms with van der Waals surface area (Å²) in [6.07, 6.45) is 1.20. The molecule has 1 fully saturated rings. The van der Waals surface area contributed by atoms with Crippen LogP contribution in [0.1, 0.15) is 37.8 Å². The molecular formula is C14H17F3N6. The molecule has 23 heavy (non-hydrogen) atoms. The molecule has 2 heterocycles. The van der Waals surface area contributed by atoms with Gasteiger partial charge in [-0.2, -0.15) is 23.3 Å². The first-order valence-electron chi connectivity index (χ1n) is 7.47. The Bertz CT molecular complexity index is 677. The van der Waals surface area contributed by atoms with Crippen LogP contribution in [0.25, 0.3) is 0 Å². The lowest BCUT2D eigenvalue weighted by Crippen LogP contribution is -2.20. The lowest BCUT2D eigenvalue weighted by atomic mass is 9.93. The molecule has 0 spiro atoms. The van der Waals surface area contributed by atoms with E-state index in [-0.39, 0.29) is 11.8 Å². The van der Waals surface area contributed by atoms with Crippen molar-refractivity contribution in [3.8, 4) is 0 Å². The Labute approximate surface area is 131 Å². The molecule has 0 unspecified atom stereocenters. The van der Waals surface area contributed by atoms with E-state index in [1.54, 1.807) is 19.2 Å². The Morgan fingerprint density at radius 3 is 2.74 bits per heavy atom. The van der Waals surface area contributed by atoms with Gasteiger partial charge in [-0.25, -0.2) is 9.67 Å². The highest BCUT2D eigenvalue weighted by Gasteiger charge is 2.35. The molecule has 0 radical (unpaired) electrons. The van der Waals surface area contributed by atoms with Crippen molar-refractivity contribution in [2.45, 2.75) is 38.4 Å². The molecule has 0 aliphatic heterocycles. The van der Waals surface area contributed by atoms with E-state index in [1.165, 1.54) is 0 Å². The fourth-order valence-electron chi connectivity index (χ4n) is 2.40. The number of hydrogen-bond acceptors (Lipinski definition) is 5. The average molecular weight is 326 g/mol. The summed E-state index contributed by atoms with van der Waals surface area (Å²) in [5.74, 6) is 0.555. The summed E-state index contributed by atoms with van der Waals surface area (Å²) in [6.45, 7) is 2.04. The van der Waals surface area contributed by atoms with E-state index in [9.17, 15) is 13.2 Å². The zero-order chi connectivity index (χ0) is 16.4. The third-order valence-corrected chi connectivity index (χ3v) is 3.77. The Balaban J connectivity index is 1.86. The van der Waals surface area contributed by atoms with Crippen LogP contribution in [0.4, 0.5) is 30.8 Å². The topological polar surface area (TPSA) is 67.7 Å². The van der Waals surface area contributed by atoms with Crippen molar-refractivity contribution in [2.24, 2.45) is 0 Å². The van der Waals surface area contributed by atoms with Crippen molar-refractivity contribution in [2.75, 3.05) is 17.2 Å². The first-order valence-corrected chi connectivity index (χ1v) is 7.47. The minimum atomic E-state index is -4.50. The summed E-state index contributed by atoms with van der Waals surface area (Å²) in [7, 11) is 0. The maximum Gasteiger partial charge on any atom is 0.421 e. The summed E-state index contributed by atoms with van der Waals surface area (Å²) in [4.78, 5) is 7.74. The number of nitrogens with one attached hydrogen (secondary N) is 2. The summed E-state index contributed by atoms with van der Waals surface area (Å²) in [5, 5.41) is 9.83. The second kappa shape index (κ2) is 6.05. The van der Waals surface area contributed by atoms with Crippen molar-refractivity contribution < 1.29 is 13.2 Å². The van der Waals surface area contributed by atoms with Gasteiger partial charge in [-0.3, -0.25) is 0 Å². The number of nitrogens with zero attached hydrogens (tertiary/aromatic N) is 4. The third kappa shape index (κ3) is 3.22. The molecule has 2 N–H and O–H groups in total. The smallest absolute Gasteiger partial charge is 0.370 e. The first-order chi connectivity index (χ1) is 11.0. The van der Waals surface area contributed by atoms with Crippen LogP contribution >= 0.6 is 0 Å². The maximum atomic E-state index is 12.9. The molecule has 124 valence electrons. The molecular weight excluding hydrogens is 309 g/mol. The fraction of sp³-hybridized carbons (Fsp3) is 0.500. The van der Waals surface area contributed by atoms with Gasteiger partial charge in [0.15, 0.2) is 0 Å². The monoisotopic (exact) mass is 326 g/mol. The lowest BCUT2D eigenvalue weighted by Gasteiger charge is -2.27. The van der Waals surface area contributed by atoms with Gasteiger partial charge in [0, 0.05) is 18.8 Å². The second-order valence-electron chi connectivity index (χ2n) is 5.35. The molecule has 2 aromatic rings. The van der Waals surface area contributed by atoms with Crippen molar-refractivity contribution in [3.05, 3.63) is 24.0 Å². The van der Waals surface area contributed by atoms with E-state index in [0.29, 0.717) is 18.4 Å². The van der Waals surface area contributed by atoms with E-state index >= 15 is 0 Å². The van der Waals surface area contributed by atoms with Crippen LogP contribution in [0, 0.1) is 0 Å². The second-order valence-corrected chi connectivity index (χ2v) is 5.35. The quantitative estimate of drug-likeness (QED) is 0.879. The van der Waals surface area contributed by atoms with E-state index in [4.69, 9.17) is 0 Å². The van der Waals surface area contributed by atoms with Crippen molar-refractivity contribution in [3.63, 3.8) is 0 Å². The van der Waals surface area contributed by atoms with Crippen LogP contribution in [0.3, 0.4) is 0 Å². The van der Waals surface area contributed by atoms with Gasteiger partial charge in [0.2, 0.25) is 5.95 Å². The maximum absolute atomic E-state index is 12.9. The van der Waals surface area contributed by atoms with Crippen LogP contribution in [-0.2, 0) is 6.18 Å². The highest BCUT2D eigenvalue weighted by Crippen LogP contribution is 2.35. The molecule has 3 rings (SSSR count). The van der Waals surface area contributed by atoms with Crippen LogP contribution in [0.2, 0.25) is 0 Å². The SMILES string of the molecule is CCNc1nc(Nc2ccnn2C2CCC2)ncc1C(F)(F)F. The first kappa shape index (κ1) is 15.6. The highest BCUT2D eigenvalue weighted by molar-refractivity contribution is 5.54. The van der Waals surface area contributed by atoms with Crippen LogP contribution < -0.4 is 10.6 Å². The molecule has 0 atom stereocenters. The van der Waals surface area contributed by atoms with Crippen LogP contribution in [0.15, 0.2) is 18.5 Å². The summed E-state index contributed by atoms with van der Waals surface area (Å²) >= 11 is 0. The Kier molecular flexibility index (Phi) is 4.10. The van der Waals surface area contributed by atoms with Gasteiger partial charge in [-0.1, -0.05) is 0 Å². The molecule has 1 saturated carbocycles. The predicted molar refractivity (Wildman–Crippen MR) is 79.6 cm³/mol. The van der Waals surface area contributed by atoms with Gasteiger partial charge in [-0.05, 0) is 26.2 Å². The van der Waals surface area contributed by atoms with Gasteiger partial charge >= 0.3 is 6.18 Å². The minimum absolute atomic E-state index is 0.107. The molecule has 0 saturated heterocycles. The Hall–Kier alpha value is -2.32. The van der Waals surface area contributed by atoms with Crippen molar-refractivity contribution >= 4 is 17.6 Å². The van der Waals surface area contributed by atoms with Gasteiger partial charge in [0.05, 0.1) is 12.2 Å². The van der Waals surface area contributed by atoms with E-state index in [2.05, 4.69) is 25.7 Å². The standard InChI is InChI=1S/C14H17F3N6/c1-2-18-12-10(14(15,16)17)8-19-13(22-12)21-11-6-7-20-23(11)9-4-3-5-9/h6-9H,2-5H2,1H3,(H2,18,19,21,22). The predicted octanol–water partition coefficient (Wildman–Crippen LogP) is 3.59. The van der Waals surface area contributed by atoms with Gasteiger partial charge in [-0.15, -0.1) is 0 Å². The number of rotatable bonds is 5. The van der Waals surface area contributed by atoms with Gasteiger partial charge in [0.1, 0.15) is 17.2 Å². The third-order valence-electron chi connectivity index (χ3n) is 3.77. The van der Waals surface area contributed by atoms with E-state index in [1.807, 2.05) is 4.68 Å². The van der Waals surface area contributed by atoms with Crippen molar-refractivity contribution in [1.82, 2.24) is 19.7 Å². The van der Waals surface area contributed by atoms with Gasteiger partial charge in [0.25, 0.3) is 0 Å². The molecule has 1 aliphatic carbocycles. The largest absolute Gasteiger partial charge is 0.421 e. The van der Waals surface area contributed by atoms with E-state index in [0.717, 1.165) is 25.5 Å². The number of alkyl halides is 3. The molecule has 0 amide bonds. The molecule has 1 aliphatic rings. The number of halogens is 3. The minimum Gasteiger partial charge on any atom is -0.370 e. The normalized spacial score (nSPS) is 15.3. The number of anilines is 3. The Morgan fingerprint density at radius 1 is 1.35 bits per heavy atom. The summed E-state index contributed by atoms with van der Waals surface area (Å²) in [6, 6.07) is 2.09. The van der Waals surface area contributed by atoms with Gasteiger partial charge < -0.3 is 10.6 Å². The summed E-state index contributed by atoms with van der Waals surface area (Å²) < 4.78 is 40.7. The molecule has 9 heteroatoms. The van der Waals surface area contributed by atoms with Crippen molar-refractivity contribution in [1.29, 1.82) is 0 Å². The Morgan fingerprint density at radius 2 is 2.13 bits per heavy atom. The highest BCUT2D eigenvalue weighted by atomic mass is 19.4. The lowest BCUT2D eigenvalue weighted by molar-refractivity contribution is -0.137. The number of aromatic nitrogens is 4. The van der Waals surface area contributed by atoms with E-state index < -0.39 is 11.7 Å². The molecule has 2 aromatic heterocycles. The summed E-state index contributed by atoms with van der Waals surface area (Å²) in [5.41, 5.74) is -0.877. The molecule has 0 aromatic carbocycles. The molecule has 6 nitrogen and oxygen atoms in total. The van der Waals surface area contributed by atoms with Crippen LogP contribution in [-0.4, -0.2) is 26.3 Å². The zero-order valence-electron chi connectivity index (χ0n) is 12.6. The average Bonchev–Trinajstić information content (AvgIpc) is 2.84. The molecule has 0 bridgehead atoms. The fourth-order valence-corrected chi connectivity index (χ4v) is 2.40. The number of hydrogen-bond donors (Lipinski definition) is 2. The van der Waals surface area contributed by atoms with Crippen LogP contribution in [0.5, 0.6) is 0 Å². The zero-order valence-corrected chi connectivity index (χ0v) is 12.6.